The number of benzene rings is 3. The Balaban J connectivity index is 1.76. The molecule has 3 aromatic rings. The standard InChI is InChI=1S/C31H37NO6S2/c1-32-17-38-27-15-22(34)9-4-19-6-11-26(36)31(37-2)29(19)24-10-5-18-3-8-21(33)14-25(18)30(24)28-12-7-20(27)13-23(35)16-39-40-28/h3,5-6,8,10-11,14,20,23,27-28,32-33,35-36H,4,7,9,12-13,15-17H2,1-2H3. The molecule has 40 heavy (non-hydrogen) atoms. The van der Waals surface area contributed by atoms with Crippen LogP contribution in [0.3, 0.4) is 0 Å². The maximum Gasteiger partial charge on any atom is 0.168 e. The Labute approximate surface area is 243 Å². The zero-order chi connectivity index (χ0) is 28.2. The van der Waals surface area contributed by atoms with E-state index in [1.165, 1.54) is 0 Å². The van der Waals surface area contributed by atoms with Crippen LogP contribution in [-0.2, 0) is 16.0 Å². The highest BCUT2D eigenvalue weighted by atomic mass is 33.1. The van der Waals surface area contributed by atoms with Gasteiger partial charge in [0.05, 0.1) is 26.0 Å². The van der Waals surface area contributed by atoms with Crippen LogP contribution in [0.1, 0.15) is 48.5 Å². The summed E-state index contributed by atoms with van der Waals surface area (Å²) in [4.78, 5) is 13.3. The van der Waals surface area contributed by atoms with E-state index in [0.717, 1.165) is 45.9 Å². The minimum Gasteiger partial charge on any atom is -0.508 e. The number of aromatic hydroxyl groups is 2. The summed E-state index contributed by atoms with van der Waals surface area (Å²) in [6.45, 7) is 0.337. The van der Waals surface area contributed by atoms with Crippen molar-refractivity contribution in [1.82, 2.24) is 5.32 Å². The van der Waals surface area contributed by atoms with Crippen molar-refractivity contribution in [2.45, 2.75) is 56.0 Å². The number of methoxy groups -OCH3 is 1. The van der Waals surface area contributed by atoms with Crippen LogP contribution in [0.25, 0.3) is 21.9 Å². The lowest BCUT2D eigenvalue weighted by Gasteiger charge is -2.29. The number of aliphatic hydroxyl groups is 1. The van der Waals surface area contributed by atoms with Gasteiger partial charge in [-0.05, 0) is 84.3 Å². The van der Waals surface area contributed by atoms with Gasteiger partial charge in [0.15, 0.2) is 11.5 Å². The Morgan fingerprint density at radius 1 is 1.07 bits per heavy atom. The number of phenols is 2. The fourth-order valence-electron chi connectivity index (χ4n) is 6.05. The van der Waals surface area contributed by atoms with Crippen molar-refractivity contribution < 1.29 is 29.6 Å². The molecule has 0 aromatic heterocycles. The van der Waals surface area contributed by atoms with Gasteiger partial charge in [0.2, 0.25) is 0 Å². The summed E-state index contributed by atoms with van der Waals surface area (Å²) in [5, 5.41) is 37.3. The quantitative estimate of drug-likeness (QED) is 0.218. The van der Waals surface area contributed by atoms with E-state index in [2.05, 4.69) is 11.4 Å². The summed E-state index contributed by atoms with van der Waals surface area (Å²) < 4.78 is 12.0. The van der Waals surface area contributed by atoms with Gasteiger partial charge in [-0.1, -0.05) is 45.9 Å². The number of aliphatic hydroxyl groups excluding tert-OH is 1. The number of carbonyl (C=O) groups is 1. The minimum absolute atomic E-state index is 0.0135. The summed E-state index contributed by atoms with van der Waals surface area (Å²) in [6.07, 6.45) is 2.45. The minimum atomic E-state index is -0.501. The molecule has 9 heteroatoms. The number of nitrogens with one attached hydrogen (secondary N) is 1. The highest BCUT2D eigenvalue weighted by Crippen LogP contribution is 2.52. The topological polar surface area (TPSA) is 108 Å². The molecule has 7 nitrogen and oxygen atoms in total. The molecular weight excluding hydrogens is 546 g/mol. The maximum atomic E-state index is 13.3. The lowest BCUT2D eigenvalue weighted by Crippen LogP contribution is -2.33. The van der Waals surface area contributed by atoms with E-state index >= 15 is 0 Å². The Hall–Kier alpha value is -2.43. The Bertz CT molecular complexity index is 1370. The molecule has 214 valence electrons. The average Bonchev–Trinajstić information content (AvgIpc) is 3.03. The van der Waals surface area contributed by atoms with E-state index in [-0.39, 0.29) is 34.6 Å². The van der Waals surface area contributed by atoms with Crippen LogP contribution >= 0.6 is 21.6 Å². The summed E-state index contributed by atoms with van der Waals surface area (Å²) >= 11 is 0. The third-order valence-corrected chi connectivity index (χ3v) is 10.8. The first-order valence-corrected chi connectivity index (χ1v) is 16.2. The predicted molar refractivity (Wildman–Crippen MR) is 162 cm³/mol. The second-order valence-corrected chi connectivity index (χ2v) is 13.2. The van der Waals surface area contributed by atoms with Crippen molar-refractivity contribution in [2.75, 3.05) is 26.6 Å². The van der Waals surface area contributed by atoms with Gasteiger partial charge in [-0.3, -0.25) is 10.1 Å². The van der Waals surface area contributed by atoms with E-state index in [0.29, 0.717) is 43.9 Å². The molecule has 3 aromatic carbocycles. The Kier molecular flexibility index (Phi) is 9.48. The molecule has 0 spiro atoms. The number of hydrogen-bond acceptors (Lipinski definition) is 9. The molecule has 1 aliphatic heterocycles. The Morgan fingerprint density at radius 3 is 2.70 bits per heavy atom. The number of carbonyl (C=O) groups excluding carboxylic acids is 1. The van der Waals surface area contributed by atoms with Gasteiger partial charge in [-0.25, -0.2) is 0 Å². The second kappa shape index (κ2) is 13.0. The fraction of sp³-hybridized carbons (Fsp3) is 0.452. The van der Waals surface area contributed by atoms with Gasteiger partial charge >= 0.3 is 0 Å². The van der Waals surface area contributed by atoms with Gasteiger partial charge in [-0.2, -0.15) is 0 Å². The number of hydrogen-bond donors (Lipinski definition) is 4. The lowest BCUT2D eigenvalue weighted by atomic mass is 9.85. The first-order valence-electron chi connectivity index (χ1n) is 13.8. The van der Waals surface area contributed by atoms with Gasteiger partial charge in [0.25, 0.3) is 0 Å². The van der Waals surface area contributed by atoms with Crippen LogP contribution in [0.15, 0.2) is 42.5 Å². The molecule has 4 atom stereocenters. The van der Waals surface area contributed by atoms with E-state index in [4.69, 9.17) is 9.47 Å². The molecule has 5 rings (SSSR count). The second-order valence-electron chi connectivity index (χ2n) is 10.6. The number of ketones is 1. The maximum absolute atomic E-state index is 13.3. The number of ether oxygens (including phenoxy) is 2. The molecule has 1 fully saturated rings. The smallest absolute Gasteiger partial charge is 0.168 e. The molecule has 2 bridgehead atoms. The lowest BCUT2D eigenvalue weighted by molar-refractivity contribution is -0.123. The van der Waals surface area contributed by atoms with Gasteiger partial charge < -0.3 is 24.8 Å². The first kappa shape index (κ1) is 29.1. The first-order chi connectivity index (χ1) is 19.4. The normalized spacial score (nSPS) is 24.0. The van der Waals surface area contributed by atoms with Crippen LogP contribution in [-0.4, -0.2) is 60.0 Å². The molecule has 0 saturated carbocycles. The number of fused-ring (bicyclic) bond motifs is 9. The summed E-state index contributed by atoms with van der Waals surface area (Å²) in [5.74, 6) is 1.30. The Morgan fingerprint density at radius 2 is 1.90 bits per heavy atom. The molecule has 0 amide bonds. The van der Waals surface area contributed by atoms with Crippen LogP contribution in [0.4, 0.5) is 0 Å². The van der Waals surface area contributed by atoms with Crippen molar-refractivity contribution in [3.63, 3.8) is 0 Å². The molecule has 4 unspecified atom stereocenters. The van der Waals surface area contributed by atoms with Crippen LogP contribution in [0.5, 0.6) is 17.2 Å². The average molecular weight is 584 g/mol. The van der Waals surface area contributed by atoms with E-state index in [1.54, 1.807) is 40.8 Å². The summed E-state index contributed by atoms with van der Waals surface area (Å²) in [6, 6.07) is 13.0. The molecule has 1 saturated heterocycles. The highest BCUT2D eigenvalue weighted by molar-refractivity contribution is 8.76. The van der Waals surface area contributed by atoms with E-state index in [9.17, 15) is 20.1 Å². The highest BCUT2D eigenvalue weighted by Gasteiger charge is 2.33. The zero-order valence-corrected chi connectivity index (χ0v) is 24.5. The molecule has 0 radical (unpaired) electrons. The van der Waals surface area contributed by atoms with Crippen molar-refractivity contribution in [3.05, 3.63) is 53.6 Å². The summed E-state index contributed by atoms with van der Waals surface area (Å²) in [5.41, 5.74) is 3.68. The third kappa shape index (κ3) is 6.24. The van der Waals surface area contributed by atoms with E-state index < -0.39 is 6.10 Å². The molecule has 1 aliphatic carbocycles. The van der Waals surface area contributed by atoms with Crippen LogP contribution < -0.4 is 10.1 Å². The number of aryl methyl sites for hydroxylation is 1. The SMILES string of the molecule is CNCOC1CC(=O)CCc2ccc(O)c(OC)c2-c2ccc3ccc(O)cc3c2C2CCC1CC(O)CSS2. The number of phenolic OH excluding ortho intramolecular Hbond substituents is 2. The largest absolute Gasteiger partial charge is 0.508 e. The predicted octanol–water partition coefficient (Wildman–Crippen LogP) is 5.98. The van der Waals surface area contributed by atoms with Gasteiger partial charge in [0, 0.05) is 29.4 Å². The van der Waals surface area contributed by atoms with Crippen LogP contribution in [0, 0.1) is 5.92 Å². The fourth-order valence-corrected chi connectivity index (χ4v) is 8.95. The van der Waals surface area contributed by atoms with Crippen molar-refractivity contribution >= 4 is 38.1 Å². The molecule has 2 aliphatic rings. The molecular formula is C31H37NO6S2. The zero-order valence-electron chi connectivity index (χ0n) is 22.9. The van der Waals surface area contributed by atoms with Crippen molar-refractivity contribution in [2.24, 2.45) is 5.92 Å². The van der Waals surface area contributed by atoms with Crippen LogP contribution in [0.2, 0.25) is 0 Å². The number of Topliss-reactive ketones (excluding diaryl/α,β-unsaturated/α-hetero) is 1. The molecule has 1 heterocycles. The van der Waals surface area contributed by atoms with E-state index in [1.807, 2.05) is 31.3 Å². The van der Waals surface area contributed by atoms with Gasteiger partial charge in [-0.15, -0.1) is 0 Å². The van der Waals surface area contributed by atoms with Crippen molar-refractivity contribution in [3.8, 4) is 28.4 Å². The monoisotopic (exact) mass is 583 g/mol. The summed E-state index contributed by atoms with van der Waals surface area (Å²) in [7, 11) is 6.75. The third-order valence-electron chi connectivity index (χ3n) is 7.95. The van der Waals surface area contributed by atoms with Gasteiger partial charge in [0.1, 0.15) is 11.5 Å². The number of rotatable bonds is 4. The molecule has 4 N–H and O–H groups in total. The van der Waals surface area contributed by atoms with Crippen molar-refractivity contribution in [1.29, 1.82) is 0 Å².